The Balaban J connectivity index is 1.79. The number of amides is 1. The minimum Gasteiger partial charge on any atom is -0.397 e. The van der Waals surface area contributed by atoms with Gasteiger partial charge in [0.25, 0.3) is 0 Å². The SMILES string of the molecule is Nc1cnc(NCCC(=O)N2CCCC2)c(Br)c1. The number of pyridine rings is 1. The molecule has 2 rings (SSSR count). The summed E-state index contributed by atoms with van der Waals surface area (Å²) in [5.41, 5.74) is 6.22. The second-order valence-electron chi connectivity index (χ2n) is 4.36. The summed E-state index contributed by atoms with van der Waals surface area (Å²) in [4.78, 5) is 17.9. The van der Waals surface area contributed by atoms with E-state index in [0.717, 1.165) is 36.2 Å². The van der Waals surface area contributed by atoms with Crippen molar-refractivity contribution in [1.29, 1.82) is 0 Å². The molecule has 1 amide bonds. The Bertz CT molecular complexity index is 432. The molecule has 0 atom stereocenters. The number of nitrogens with two attached hydrogens (primary N) is 1. The van der Waals surface area contributed by atoms with E-state index in [2.05, 4.69) is 26.2 Å². The third-order valence-electron chi connectivity index (χ3n) is 2.95. The van der Waals surface area contributed by atoms with Gasteiger partial charge in [-0.05, 0) is 34.8 Å². The molecule has 18 heavy (non-hydrogen) atoms. The number of hydrogen-bond donors (Lipinski definition) is 2. The molecule has 0 unspecified atom stereocenters. The molecule has 1 fully saturated rings. The molecule has 0 saturated carbocycles. The highest BCUT2D eigenvalue weighted by molar-refractivity contribution is 9.10. The first-order chi connectivity index (χ1) is 8.66. The minimum absolute atomic E-state index is 0.214. The lowest BCUT2D eigenvalue weighted by Gasteiger charge is -2.15. The average molecular weight is 313 g/mol. The third-order valence-corrected chi connectivity index (χ3v) is 3.56. The van der Waals surface area contributed by atoms with E-state index in [1.807, 2.05) is 4.90 Å². The van der Waals surface area contributed by atoms with Crippen molar-refractivity contribution in [2.75, 3.05) is 30.7 Å². The van der Waals surface area contributed by atoms with Crippen molar-refractivity contribution in [2.45, 2.75) is 19.3 Å². The molecule has 6 heteroatoms. The largest absolute Gasteiger partial charge is 0.397 e. The van der Waals surface area contributed by atoms with Crippen molar-refractivity contribution in [2.24, 2.45) is 0 Å². The Morgan fingerprint density at radius 1 is 1.50 bits per heavy atom. The molecule has 3 N–H and O–H groups in total. The van der Waals surface area contributed by atoms with Crippen molar-refractivity contribution < 1.29 is 4.79 Å². The maximum absolute atomic E-state index is 11.8. The van der Waals surface area contributed by atoms with Crippen LogP contribution in [0.4, 0.5) is 11.5 Å². The highest BCUT2D eigenvalue weighted by atomic mass is 79.9. The molecule has 1 saturated heterocycles. The Labute approximate surface area is 115 Å². The summed E-state index contributed by atoms with van der Waals surface area (Å²) in [7, 11) is 0. The normalized spacial score (nSPS) is 14.8. The standard InChI is InChI=1S/C12H17BrN4O/c13-10-7-9(14)8-16-12(10)15-4-3-11(18)17-5-1-2-6-17/h7-8H,1-6,14H2,(H,15,16). The monoisotopic (exact) mass is 312 g/mol. The fourth-order valence-corrected chi connectivity index (χ4v) is 2.50. The number of carbonyl (C=O) groups is 1. The van der Waals surface area contributed by atoms with Crippen LogP contribution in [0.25, 0.3) is 0 Å². The second kappa shape index (κ2) is 6.04. The maximum atomic E-state index is 11.8. The number of carbonyl (C=O) groups excluding carboxylic acids is 1. The van der Waals surface area contributed by atoms with Crippen LogP contribution in [0.15, 0.2) is 16.7 Å². The fraction of sp³-hybridized carbons (Fsp3) is 0.500. The van der Waals surface area contributed by atoms with Crippen LogP contribution in [0.2, 0.25) is 0 Å². The van der Waals surface area contributed by atoms with Gasteiger partial charge in [0, 0.05) is 26.1 Å². The van der Waals surface area contributed by atoms with E-state index in [9.17, 15) is 4.79 Å². The molecule has 98 valence electrons. The first kappa shape index (κ1) is 13.1. The number of rotatable bonds is 4. The summed E-state index contributed by atoms with van der Waals surface area (Å²) >= 11 is 3.38. The van der Waals surface area contributed by atoms with Crippen LogP contribution < -0.4 is 11.1 Å². The number of hydrogen-bond acceptors (Lipinski definition) is 4. The van der Waals surface area contributed by atoms with Crippen LogP contribution in [0.3, 0.4) is 0 Å². The smallest absolute Gasteiger partial charge is 0.224 e. The molecule has 1 aromatic heterocycles. The minimum atomic E-state index is 0.214. The fourth-order valence-electron chi connectivity index (χ4n) is 2.00. The maximum Gasteiger partial charge on any atom is 0.224 e. The Morgan fingerprint density at radius 2 is 2.22 bits per heavy atom. The van der Waals surface area contributed by atoms with E-state index in [-0.39, 0.29) is 5.91 Å². The third kappa shape index (κ3) is 3.35. The lowest BCUT2D eigenvalue weighted by Crippen LogP contribution is -2.29. The molecular weight excluding hydrogens is 296 g/mol. The van der Waals surface area contributed by atoms with Gasteiger partial charge in [0.1, 0.15) is 5.82 Å². The number of nitrogens with one attached hydrogen (secondary N) is 1. The summed E-state index contributed by atoms with van der Waals surface area (Å²) in [5, 5.41) is 3.13. The quantitative estimate of drug-likeness (QED) is 0.890. The molecule has 0 spiro atoms. The van der Waals surface area contributed by atoms with E-state index < -0.39 is 0 Å². The molecule has 1 aliphatic rings. The number of nitrogens with zero attached hydrogens (tertiary/aromatic N) is 2. The predicted octanol–water partition coefficient (Wildman–Crippen LogP) is 1.85. The Hall–Kier alpha value is -1.30. The second-order valence-corrected chi connectivity index (χ2v) is 5.22. The van der Waals surface area contributed by atoms with Crippen molar-refractivity contribution in [3.8, 4) is 0 Å². The van der Waals surface area contributed by atoms with Gasteiger partial charge in [-0.3, -0.25) is 4.79 Å². The van der Waals surface area contributed by atoms with Gasteiger partial charge in [-0.25, -0.2) is 4.98 Å². The topological polar surface area (TPSA) is 71.2 Å². The summed E-state index contributed by atoms with van der Waals surface area (Å²) in [6.45, 7) is 2.40. The first-order valence-electron chi connectivity index (χ1n) is 6.09. The van der Waals surface area contributed by atoms with E-state index in [1.54, 1.807) is 12.3 Å². The number of likely N-dealkylation sites (tertiary alicyclic amines) is 1. The predicted molar refractivity (Wildman–Crippen MR) is 75.3 cm³/mol. The first-order valence-corrected chi connectivity index (χ1v) is 6.89. The van der Waals surface area contributed by atoms with Crippen molar-refractivity contribution in [3.63, 3.8) is 0 Å². The Kier molecular flexibility index (Phi) is 4.41. The molecule has 5 nitrogen and oxygen atoms in total. The van der Waals surface area contributed by atoms with E-state index in [1.165, 1.54) is 0 Å². The molecule has 1 aliphatic heterocycles. The van der Waals surface area contributed by atoms with Crippen LogP contribution in [-0.2, 0) is 4.79 Å². The van der Waals surface area contributed by atoms with Crippen molar-refractivity contribution in [3.05, 3.63) is 16.7 Å². The zero-order valence-corrected chi connectivity index (χ0v) is 11.7. The van der Waals surface area contributed by atoms with Gasteiger partial charge in [-0.1, -0.05) is 0 Å². The summed E-state index contributed by atoms with van der Waals surface area (Å²) < 4.78 is 0.816. The number of aromatic nitrogens is 1. The highest BCUT2D eigenvalue weighted by Gasteiger charge is 2.17. The molecule has 0 bridgehead atoms. The molecule has 2 heterocycles. The number of nitrogen functional groups attached to an aromatic ring is 1. The lowest BCUT2D eigenvalue weighted by molar-refractivity contribution is -0.129. The summed E-state index contributed by atoms with van der Waals surface area (Å²) in [6, 6.07) is 1.79. The van der Waals surface area contributed by atoms with Crippen LogP contribution in [-0.4, -0.2) is 35.4 Å². The average Bonchev–Trinajstić information content (AvgIpc) is 2.85. The van der Waals surface area contributed by atoms with Crippen LogP contribution >= 0.6 is 15.9 Å². The zero-order valence-electron chi connectivity index (χ0n) is 10.2. The van der Waals surface area contributed by atoms with Gasteiger partial charge >= 0.3 is 0 Å². The Morgan fingerprint density at radius 3 is 2.89 bits per heavy atom. The zero-order chi connectivity index (χ0) is 13.0. The van der Waals surface area contributed by atoms with Gasteiger partial charge in [0.15, 0.2) is 0 Å². The van der Waals surface area contributed by atoms with E-state index in [4.69, 9.17) is 5.73 Å². The van der Waals surface area contributed by atoms with Crippen molar-refractivity contribution >= 4 is 33.3 Å². The molecule has 0 aromatic carbocycles. The highest BCUT2D eigenvalue weighted by Crippen LogP contribution is 2.21. The lowest BCUT2D eigenvalue weighted by atomic mass is 10.3. The molecule has 1 aromatic rings. The van der Waals surface area contributed by atoms with E-state index in [0.29, 0.717) is 18.7 Å². The van der Waals surface area contributed by atoms with Crippen LogP contribution in [0.5, 0.6) is 0 Å². The van der Waals surface area contributed by atoms with Crippen LogP contribution in [0, 0.1) is 0 Å². The van der Waals surface area contributed by atoms with Gasteiger partial charge in [-0.15, -0.1) is 0 Å². The van der Waals surface area contributed by atoms with Gasteiger partial charge < -0.3 is 16.0 Å². The number of anilines is 2. The molecular formula is C12H17BrN4O. The van der Waals surface area contributed by atoms with Gasteiger partial charge in [0.05, 0.1) is 16.4 Å². The molecule has 0 radical (unpaired) electrons. The summed E-state index contributed by atoms with van der Waals surface area (Å²) in [6.07, 6.45) is 4.35. The number of halogens is 1. The van der Waals surface area contributed by atoms with Crippen molar-refractivity contribution in [1.82, 2.24) is 9.88 Å². The molecule has 0 aliphatic carbocycles. The van der Waals surface area contributed by atoms with Gasteiger partial charge in [-0.2, -0.15) is 0 Å². The van der Waals surface area contributed by atoms with Gasteiger partial charge in [0.2, 0.25) is 5.91 Å². The summed E-state index contributed by atoms with van der Waals surface area (Å²) in [5.74, 6) is 0.935. The van der Waals surface area contributed by atoms with E-state index >= 15 is 0 Å². The van der Waals surface area contributed by atoms with Crippen LogP contribution in [0.1, 0.15) is 19.3 Å².